The van der Waals surface area contributed by atoms with Gasteiger partial charge >= 0.3 is 0 Å². The number of nitrogens with one attached hydrogen (secondary N) is 1. The number of benzene rings is 1. The Hall–Kier alpha value is -1.91. The summed E-state index contributed by atoms with van der Waals surface area (Å²) >= 11 is 0. The quantitative estimate of drug-likeness (QED) is 0.554. The Morgan fingerprint density at radius 1 is 1.50 bits per heavy atom. The highest BCUT2D eigenvalue weighted by molar-refractivity contribution is 5.83. The Balaban J connectivity index is 2.89. The molecule has 1 aromatic heterocycles. The summed E-state index contributed by atoms with van der Waals surface area (Å²) in [5.74, 6) is 0. The molecule has 0 bridgehead atoms. The number of hydrogen-bond acceptors (Lipinski definition) is 3. The second-order valence-corrected chi connectivity index (χ2v) is 3.22. The summed E-state index contributed by atoms with van der Waals surface area (Å²) in [4.78, 5) is 17.4. The first-order chi connectivity index (χ1) is 6.61. The molecule has 0 saturated heterocycles. The van der Waals surface area contributed by atoms with Crippen molar-refractivity contribution in [3.8, 4) is 0 Å². The minimum atomic E-state index is -0.362. The predicted octanol–water partition coefficient (Wildman–Crippen LogP) is 2.09. The van der Waals surface area contributed by atoms with Crippen molar-refractivity contribution in [1.82, 2.24) is 9.97 Å². The number of hydrogen-bond donors (Lipinski definition) is 1. The highest BCUT2D eigenvalue weighted by Crippen LogP contribution is 2.28. The zero-order valence-corrected chi connectivity index (χ0v) is 7.87. The van der Waals surface area contributed by atoms with E-state index in [1.807, 2.05) is 0 Å². The summed E-state index contributed by atoms with van der Waals surface area (Å²) in [5, 5.41) is 10.8. The normalized spacial score (nSPS) is 10.7. The molecule has 0 amide bonds. The summed E-state index contributed by atoms with van der Waals surface area (Å²) in [6.07, 6.45) is 1.54. The Labute approximate surface area is 79.9 Å². The highest BCUT2D eigenvalue weighted by Gasteiger charge is 2.18. The molecule has 0 aliphatic rings. The Kier molecular flexibility index (Phi) is 1.73. The fraction of sp³-hybridized carbons (Fsp3) is 0.222. The van der Waals surface area contributed by atoms with Crippen molar-refractivity contribution in [3.63, 3.8) is 0 Å². The number of aryl methyl sites for hydroxylation is 2. The van der Waals surface area contributed by atoms with Crippen molar-refractivity contribution in [2.75, 3.05) is 0 Å². The molecule has 0 aliphatic carbocycles. The van der Waals surface area contributed by atoms with Crippen molar-refractivity contribution >= 4 is 16.7 Å². The largest absolute Gasteiger partial charge is 0.345 e. The van der Waals surface area contributed by atoms with Crippen LogP contribution in [0.5, 0.6) is 0 Å². The molecule has 0 radical (unpaired) electrons. The minimum Gasteiger partial charge on any atom is -0.345 e. The second kappa shape index (κ2) is 2.80. The van der Waals surface area contributed by atoms with Gasteiger partial charge in [-0.1, -0.05) is 0 Å². The molecule has 5 heteroatoms. The zero-order chi connectivity index (χ0) is 10.3. The van der Waals surface area contributed by atoms with Crippen molar-refractivity contribution in [3.05, 3.63) is 33.6 Å². The van der Waals surface area contributed by atoms with E-state index in [1.165, 1.54) is 0 Å². The number of nitrogens with zero attached hydrogens (tertiary/aromatic N) is 2. The van der Waals surface area contributed by atoms with Gasteiger partial charge in [0, 0.05) is 5.56 Å². The number of aromatic amines is 1. The van der Waals surface area contributed by atoms with E-state index in [0.717, 1.165) is 5.52 Å². The van der Waals surface area contributed by atoms with E-state index in [0.29, 0.717) is 16.6 Å². The van der Waals surface area contributed by atoms with E-state index < -0.39 is 0 Å². The first-order valence-electron chi connectivity index (χ1n) is 4.19. The van der Waals surface area contributed by atoms with Gasteiger partial charge in [0.05, 0.1) is 27.8 Å². The molecule has 72 valence electrons. The van der Waals surface area contributed by atoms with E-state index in [-0.39, 0.29) is 10.6 Å². The Morgan fingerprint density at radius 2 is 2.21 bits per heavy atom. The third-order valence-electron chi connectivity index (χ3n) is 2.30. The lowest BCUT2D eigenvalue weighted by molar-refractivity contribution is -0.385. The van der Waals surface area contributed by atoms with Crippen LogP contribution in [-0.2, 0) is 0 Å². The van der Waals surface area contributed by atoms with Crippen LogP contribution in [0.2, 0.25) is 0 Å². The van der Waals surface area contributed by atoms with Crippen LogP contribution in [0.25, 0.3) is 11.0 Å². The van der Waals surface area contributed by atoms with Gasteiger partial charge in [0.25, 0.3) is 5.69 Å². The van der Waals surface area contributed by atoms with E-state index in [4.69, 9.17) is 0 Å². The molecular weight excluding hydrogens is 182 g/mol. The molecule has 0 fully saturated rings. The summed E-state index contributed by atoms with van der Waals surface area (Å²) < 4.78 is 0. The Morgan fingerprint density at radius 3 is 2.86 bits per heavy atom. The van der Waals surface area contributed by atoms with Gasteiger partial charge in [-0.15, -0.1) is 0 Å². The van der Waals surface area contributed by atoms with Crippen molar-refractivity contribution in [2.45, 2.75) is 13.8 Å². The highest BCUT2D eigenvalue weighted by atomic mass is 16.6. The zero-order valence-electron chi connectivity index (χ0n) is 7.87. The lowest BCUT2D eigenvalue weighted by atomic mass is 10.1. The first-order valence-corrected chi connectivity index (χ1v) is 4.19. The number of nitro benzene ring substituents is 1. The number of imidazole rings is 1. The van der Waals surface area contributed by atoms with Crippen molar-refractivity contribution in [2.24, 2.45) is 0 Å². The van der Waals surface area contributed by atoms with Crippen LogP contribution in [0.3, 0.4) is 0 Å². The molecule has 2 aromatic rings. The molecule has 1 heterocycles. The maximum Gasteiger partial charge on any atom is 0.277 e. The molecule has 2 rings (SSSR count). The topological polar surface area (TPSA) is 71.8 Å². The Bertz CT molecular complexity index is 516. The fourth-order valence-corrected chi connectivity index (χ4v) is 1.69. The molecule has 14 heavy (non-hydrogen) atoms. The van der Waals surface area contributed by atoms with Gasteiger partial charge in [-0.25, -0.2) is 4.98 Å². The molecule has 0 saturated carbocycles. The number of H-pyrrole nitrogens is 1. The average molecular weight is 191 g/mol. The van der Waals surface area contributed by atoms with E-state index in [2.05, 4.69) is 9.97 Å². The lowest BCUT2D eigenvalue weighted by Gasteiger charge is -2.01. The monoisotopic (exact) mass is 191 g/mol. The number of aromatic nitrogens is 2. The van der Waals surface area contributed by atoms with Gasteiger partial charge in [-0.05, 0) is 19.9 Å². The third-order valence-corrected chi connectivity index (χ3v) is 2.30. The van der Waals surface area contributed by atoms with Gasteiger partial charge < -0.3 is 4.98 Å². The summed E-state index contributed by atoms with van der Waals surface area (Å²) in [6, 6.07) is 1.74. The standard InChI is InChI=1S/C9H9N3O2/c1-5-3-7-8(11-4-10-7)6(2)9(5)12(13)14/h3-4H,1-2H3,(H,10,11). The van der Waals surface area contributed by atoms with Crippen LogP contribution >= 0.6 is 0 Å². The lowest BCUT2D eigenvalue weighted by Crippen LogP contribution is -1.95. The molecule has 1 aromatic carbocycles. The van der Waals surface area contributed by atoms with Crippen LogP contribution in [0.1, 0.15) is 11.1 Å². The van der Waals surface area contributed by atoms with E-state index >= 15 is 0 Å². The van der Waals surface area contributed by atoms with Crippen molar-refractivity contribution < 1.29 is 4.92 Å². The van der Waals surface area contributed by atoms with Gasteiger partial charge in [0.2, 0.25) is 0 Å². The van der Waals surface area contributed by atoms with Gasteiger partial charge in [0.1, 0.15) is 0 Å². The fourth-order valence-electron chi connectivity index (χ4n) is 1.69. The molecule has 0 aliphatic heterocycles. The predicted molar refractivity (Wildman–Crippen MR) is 52.2 cm³/mol. The smallest absolute Gasteiger partial charge is 0.277 e. The first kappa shape index (κ1) is 8.68. The molecule has 5 nitrogen and oxygen atoms in total. The number of nitro groups is 1. The summed E-state index contributed by atoms with van der Waals surface area (Å²) in [6.45, 7) is 3.44. The van der Waals surface area contributed by atoms with Gasteiger partial charge in [-0.2, -0.15) is 0 Å². The number of rotatable bonds is 1. The molecule has 0 atom stereocenters. The summed E-state index contributed by atoms with van der Waals surface area (Å²) in [5.41, 5.74) is 2.94. The van der Waals surface area contributed by atoms with E-state index in [1.54, 1.807) is 26.2 Å². The SMILES string of the molecule is Cc1cc2[nH]cnc2c(C)c1[N+](=O)[O-]. The van der Waals surface area contributed by atoms with Crippen LogP contribution in [0, 0.1) is 24.0 Å². The number of fused-ring (bicyclic) bond motifs is 1. The summed E-state index contributed by atoms with van der Waals surface area (Å²) in [7, 11) is 0. The van der Waals surface area contributed by atoms with Crippen LogP contribution in [-0.4, -0.2) is 14.9 Å². The van der Waals surface area contributed by atoms with Crippen LogP contribution in [0.15, 0.2) is 12.4 Å². The van der Waals surface area contributed by atoms with E-state index in [9.17, 15) is 10.1 Å². The van der Waals surface area contributed by atoms with Crippen LogP contribution in [0.4, 0.5) is 5.69 Å². The van der Waals surface area contributed by atoms with Gasteiger partial charge in [0.15, 0.2) is 0 Å². The maximum absolute atomic E-state index is 10.8. The van der Waals surface area contributed by atoms with Crippen LogP contribution < -0.4 is 0 Å². The van der Waals surface area contributed by atoms with Gasteiger partial charge in [-0.3, -0.25) is 10.1 Å². The molecule has 1 N–H and O–H groups in total. The molecule has 0 unspecified atom stereocenters. The minimum absolute atomic E-state index is 0.157. The average Bonchev–Trinajstić information content (AvgIpc) is 2.50. The second-order valence-electron chi connectivity index (χ2n) is 3.22. The molecule has 0 spiro atoms. The third kappa shape index (κ3) is 1.06. The van der Waals surface area contributed by atoms with Crippen molar-refractivity contribution in [1.29, 1.82) is 0 Å². The molecular formula is C9H9N3O2. The maximum atomic E-state index is 10.8.